The minimum Gasteiger partial charge on any atom is -0.492 e. The van der Waals surface area contributed by atoms with Crippen LogP contribution in [0.1, 0.15) is 59.4 Å². The Kier molecular flexibility index (Phi) is 8.34. The molecule has 0 radical (unpaired) electrons. The Hall–Kier alpha value is -2.73. The van der Waals surface area contributed by atoms with E-state index in [1.807, 2.05) is 6.92 Å². The second-order valence-electron chi connectivity index (χ2n) is 6.56. The number of unbranched alkanes of at least 4 members (excludes halogenated alkanes) is 2. The summed E-state index contributed by atoms with van der Waals surface area (Å²) in [6, 6.07) is 7.78. The molecule has 2 N–H and O–H groups in total. The molecule has 0 heterocycles. The molecule has 2 rings (SSSR count). The molecule has 7 heteroatoms. The highest BCUT2D eigenvalue weighted by Crippen LogP contribution is 2.36. The van der Waals surface area contributed by atoms with Crippen molar-refractivity contribution in [3.63, 3.8) is 0 Å². The van der Waals surface area contributed by atoms with E-state index in [1.54, 1.807) is 31.2 Å². The predicted octanol–water partition coefficient (Wildman–Crippen LogP) is 5.57. The summed E-state index contributed by atoms with van der Waals surface area (Å²) >= 11 is 6.37. The molecule has 0 atom stereocenters. The van der Waals surface area contributed by atoms with Crippen molar-refractivity contribution < 1.29 is 24.2 Å². The third-order valence-corrected chi connectivity index (χ3v) is 4.66. The van der Waals surface area contributed by atoms with Gasteiger partial charge in [0.2, 0.25) is 0 Å². The van der Waals surface area contributed by atoms with Gasteiger partial charge >= 0.3 is 5.97 Å². The maximum absolute atomic E-state index is 12.8. The molecular formula is C22H26ClNO5. The van der Waals surface area contributed by atoms with E-state index in [4.69, 9.17) is 26.2 Å². The van der Waals surface area contributed by atoms with Crippen molar-refractivity contribution in [1.29, 1.82) is 0 Å². The molecule has 156 valence electrons. The molecule has 0 spiro atoms. The Morgan fingerprint density at radius 2 is 1.76 bits per heavy atom. The third-order valence-electron chi connectivity index (χ3n) is 4.29. The maximum Gasteiger partial charge on any atom is 0.335 e. The quantitative estimate of drug-likeness (QED) is 0.492. The molecule has 0 fully saturated rings. The van der Waals surface area contributed by atoms with Gasteiger partial charge in [0, 0.05) is 11.3 Å². The second-order valence-corrected chi connectivity index (χ2v) is 6.94. The van der Waals surface area contributed by atoms with Crippen molar-refractivity contribution in [3.05, 3.63) is 52.0 Å². The number of rotatable bonds is 10. The average molecular weight is 420 g/mol. The van der Waals surface area contributed by atoms with E-state index in [-0.39, 0.29) is 11.5 Å². The van der Waals surface area contributed by atoms with Gasteiger partial charge in [-0.25, -0.2) is 4.79 Å². The van der Waals surface area contributed by atoms with Crippen molar-refractivity contribution >= 4 is 29.2 Å². The van der Waals surface area contributed by atoms with Crippen LogP contribution >= 0.6 is 11.6 Å². The van der Waals surface area contributed by atoms with Crippen LogP contribution in [0.4, 0.5) is 5.69 Å². The highest BCUT2D eigenvalue weighted by molar-refractivity contribution is 6.33. The van der Waals surface area contributed by atoms with Crippen LogP contribution in [-0.2, 0) is 0 Å². The van der Waals surface area contributed by atoms with Gasteiger partial charge in [0.1, 0.15) is 16.5 Å². The zero-order chi connectivity index (χ0) is 21.4. The van der Waals surface area contributed by atoms with Crippen molar-refractivity contribution in [2.45, 2.75) is 40.0 Å². The Morgan fingerprint density at radius 3 is 2.34 bits per heavy atom. The maximum atomic E-state index is 12.8. The summed E-state index contributed by atoms with van der Waals surface area (Å²) in [5.41, 5.74) is 1.58. The highest BCUT2D eigenvalue weighted by atomic mass is 35.5. The normalized spacial score (nSPS) is 10.5. The van der Waals surface area contributed by atoms with Gasteiger partial charge in [-0.05, 0) is 56.2 Å². The summed E-state index contributed by atoms with van der Waals surface area (Å²) in [4.78, 5) is 23.9. The van der Waals surface area contributed by atoms with Gasteiger partial charge in [-0.1, -0.05) is 31.4 Å². The molecule has 6 nitrogen and oxygen atoms in total. The summed E-state index contributed by atoms with van der Waals surface area (Å²) < 4.78 is 11.3. The molecule has 0 aliphatic carbocycles. The fraction of sp³-hybridized carbons (Fsp3) is 0.364. The molecule has 0 saturated heterocycles. The molecule has 1 amide bonds. The van der Waals surface area contributed by atoms with Crippen LogP contribution in [0.2, 0.25) is 5.02 Å². The Bertz CT molecular complexity index is 882. The third kappa shape index (κ3) is 6.12. The summed E-state index contributed by atoms with van der Waals surface area (Å²) in [6.07, 6.45) is 3.01. The minimum atomic E-state index is -1.01. The molecular weight excluding hydrogens is 394 g/mol. The largest absolute Gasteiger partial charge is 0.492 e. The first-order valence-electron chi connectivity index (χ1n) is 9.61. The number of aromatic carboxylic acids is 1. The first kappa shape index (κ1) is 22.6. The lowest BCUT2D eigenvalue weighted by Crippen LogP contribution is -2.13. The van der Waals surface area contributed by atoms with Crippen LogP contribution in [0.3, 0.4) is 0 Å². The lowest BCUT2D eigenvalue weighted by atomic mass is 10.1. The fourth-order valence-electron chi connectivity index (χ4n) is 2.79. The van der Waals surface area contributed by atoms with E-state index >= 15 is 0 Å². The number of hydrogen-bond acceptors (Lipinski definition) is 4. The number of carbonyl (C=O) groups is 2. The monoisotopic (exact) mass is 419 g/mol. The van der Waals surface area contributed by atoms with Gasteiger partial charge in [0.05, 0.1) is 18.8 Å². The lowest BCUT2D eigenvalue weighted by Gasteiger charge is -2.14. The lowest BCUT2D eigenvalue weighted by molar-refractivity contribution is 0.0696. The van der Waals surface area contributed by atoms with E-state index in [0.717, 1.165) is 19.3 Å². The topological polar surface area (TPSA) is 84.9 Å². The number of benzene rings is 2. The van der Waals surface area contributed by atoms with E-state index in [2.05, 4.69) is 12.2 Å². The van der Waals surface area contributed by atoms with Crippen LogP contribution in [-0.4, -0.2) is 30.2 Å². The summed E-state index contributed by atoms with van der Waals surface area (Å²) in [5.74, 6) is -0.603. The molecule has 29 heavy (non-hydrogen) atoms. The number of carbonyl (C=O) groups excluding carboxylic acids is 1. The summed E-state index contributed by atoms with van der Waals surface area (Å²) in [7, 11) is 0. The predicted molar refractivity (Wildman–Crippen MR) is 114 cm³/mol. The SMILES string of the molecule is CCCCCOc1cc(C(=O)Nc2ccc(C(=O)O)c(C)c2)cc(OCC)c1Cl. The van der Waals surface area contributed by atoms with E-state index in [0.29, 0.717) is 46.5 Å². The fourth-order valence-corrected chi connectivity index (χ4v) is 3.01. The molecule has 0 bridgehead atoms. The van der Waals surface area contributed by atoms with Gasteiger partial charge in [0.25, 0.3) is 5.91 Å². The van der Waals surface area contributed by atoms with Crippen molar-refractivity contribution in [2.24, 2.45) is 0 Å². The molecule has 0 aromatic heterocycles. The van der Waals surface area contributed by atoms with E-state index in [1.165, 1.54) is 6.07 Å². The van der Waals surface area contributed by atoms with Gasteiger partial charge in [0.15, 0.2) is 0 Å². The number of anilines is 1. The van der Waals surface area contributed by atoms with Gasteiger partial charge < -0.3 is 19.9 Å². The van der Waals surface area contributed by atoms with Crippen molar-refractivity contribution in [2.75, 3.05) is 18.5 Å². The molecule has 0 saturated carbocycles. The van der Waals surface area contributed by atoms with Crippen LogP contribution in [0, 0.1) is 6.92 Å². The zero-order valence-corrected chi connectivity index (χ0v) is 17.6. The smallest absolute Gasteiger partial charge is 0.335 e. The summed E-state index contributed by atoms with van der Waals surface area (Å²) in [5, 5.41) is 12.2. The number of halogens is 1. The van der Waals surface area contributed by atoms with Crippen LogP contribution < -0.4 is 14.8 Å². The number of carboxylic acids is 1. The number of amides is 1. The first-order chi connectivity index (χ1) is 13.9. The highest BCUT2D eigenvalue weighted by Gasteiger charge is 2.17. The van der Waals surface area contributed by atoms with Crippen LogP contribution in [0.15, 0.2) is 30.3 Å². The van der Waals surface area contributed by atoms with Crippen molar-refractivity contribution in [3.8, 4) is 11.5 Å². The zero-order valence-electron chi connectivity index (χ0n) is 16.9. The standard InChI is InChI=1S/C22H26ClNO5/c1-4-6-7-10-29-19-13-15(12-18(20(19)23)28-5-2)21(25)24-16-8-9-17(22(26)27)14(3)11-16/h8-9,11-13H,4-7,10H2,1-3H3,(H,24,25)(H,26,27). The Morgan fingerprint density at radius 1 is 1.07 bits per heavy atom. The average Bonchev–Trinajstić information content (AvgIpc) is 2.67. The molecule has 0 unspecified atom stereocenters. The summed E-state index contributed by atoms with van der Waals surface area (Å²) in [6.45, 7) is 6.51. The Balaban J connectivity index is 2.24. The second kappa shape index (κ2) is 10.7. The number of carboxylic acid groups (broad SMARTS) is 1. The first-order valence-corrected chi connectivity index (χ1v) is 9.99. The van der Waals surface area contributed by atoms with E-state index < -0.39 is 5.97 Å². The van der Waals surface area contributed by atoms with Crippen molar-refractivity contribution in [1.82, 2.24) is 0 Å². The molecule has 2 aromatic rings. The van der Waals surface area contributed by atoms with E-state index in [9.17, 15) is 9.59 Å². The molecule has 0 aliphatic heterocycles. The molecule has 2 aromatic carbocycles. The Labute approximate surface area is 175 Å². The molecule has 0 aliphatic rings. The number of hydrogen-bond donors (Lipinski definition) is 2. The van der Waals surface area contributed by atoms with Gasteiger partial charge in [-0.15, -0.1) is 0 Å². The number of nitrogens with one attached hydrogen (secondary N) is 1. The van der Waals surface area contributed by atoms with Crippen LogP contribution in [0.5, 0.6) is 11.5 Å². The van der Waals surface area contributed by atoms with Gasteiger partial charge in [-0.2, -0.15) is 0 Å². The van der Waals surface area contributed by atoms with Crippen LogP contribution in [0.25, 0.3) is 0 Å². The number of aryl methyl sites for hydroxylation is 1. The minimum absolute atomic E-state index is 0.191. The van der Waals surface area contributed by atoms with Gasteiger partial charge in [-0.3, -0.25) is 4.79 Å². The number of ether oxygens (including phenoxy) is 2.